The number of carbonyl (C=O) groups excluding carboxylic acids is 1. The molecule has 0 aromatic heterocycles. The van der Waals surface area contributed by atoms with Crippen molar-refractivity contribution in [2.75, 3.05) is 0 Å². The molecule has 5 heteroatoms. The molecule has 1 amide bonds. The Balaban J connectivity index is 2.56. The van der Waals surface area contributed by atoms with Crippen LogP contribution >= 0.6 is 0 Å². The van der Waals surface area contributed by atoms with Gasteiger partial charge in [-0.25, -0.2) is 4.79 Å². The van der Waals surface area contributed by atoms with Crippen LogP contribution in [0.4, 0.5) is 4.79 Å². The van der Waals surface area contributed by atoms with Gasteiger partial charge in [0.2, 0.25) is 0 Å². The molecule has 1 rings (SSSR count). The fourth-order valence-electron chi connectivity index (χ4n) is 2.77. The molecule has 1 saturated carbocycles. The van der Waals surface area contributed by atoms with Crippen LogP contribution in [0.25, 0.3) is 0 Å². The topological polar surface area (TPSA) is 75.6 Å². The molecule has 0 aliphatic heterocycles. The number of nitrogens with one attached hydrogen (secondary N) is 1. The van der Waals surface area contributed by atoms with E-state index < -0.39 is 23.1 Å². The SMILES string of the molecule is CCCCC1(C(=O)O)CCC(NC(=O)OC(C)(C)C)C1. The highest BCUT2D eigenvalue weighted by Gasteiger charge is 2.45. The molecule has 1 fully saturated rings. The number of carboxylic acid groups (broad SMARTS) is 1. The molecule has 2 N–H and O–H groups in total. The summed E-state index contributed by atoms with van der Waals surface area (Å²) in [6.07, 6.45) is 3.95. The smallest absolute Gasteiger partial charge is 0.407 e. The summed E-state index contributed by atoms with van der Waals surface area (Å²) in [7, 11) is 0. The van der Waals surface area contributed by atoms with Gasteiger partial charge in [0, 0.05) is 6.04 Å². The number of ether oxygens (including phenoxy) is 1. The van der Waals surface area contributed by atoms with E-state index in [0.717, 1.165) is 12.8 Å². The minimum atomic E-state index is -0.737. The predicted octanol–water partition coefficient (Wildman–Crippen LogP) is 3.32. The normalized spacial score (nSPS) is 26.3. The molecule has 5 nitrogen and oxygen atoms in total. The van der Waals surface area contributed by atoms with Crippen molar-refractivity contribution in [3.05, 3.63) is 0 Å². The molecule has 116 valence electrons. The van der Waals surface area contributed by atoms with E-state index in [-0.39, 0.29) is 6.04 Å². The molecule has 0 saturated heterocycles. The van der Waals surface area contributed by atoms with Crippen LogP contribution in [0.2, 0.25) is 0 Å². The minimum Gasteiger partial charge on any atom is -0.481 e. The third-order valence-corrected chi connectivity index (χ3v) is 3.79. The maximum absolute atomic E-state index is 11.7. The van der Waals surface area contributed by atoms with Crippen LogP contribution < -0.4 is 5.32 Å². The van der Waals surface area contributed by atoms with Crippen molar-refractivity contribution in [3.8, 4) is 0 Å². The summed E-state index contributed by atoms with van der Waals surface area (Å²) in [4.78, 5) is 23.3. The van der Waals surface area contributed by atoms with Crippen molar-refractivity contribution in [2.24, 2.45) is 5.41 Å². The number of carboxylic acids is 1. The molecule has 0 aromatic rings. The Morgan fingerprint density at radius 1 is 1.40 bits per heavy atom. The number of aliphatic carboxylic acids is 1. The summed E-state index contributed by atoms with van der Waals surface area (Å²) in [5, 5.41) is 12.3. The Hall–Kier alpha value is -1.26. The van der Waals surface area contributed by atoms with Crippen molar-refractivity contribution in [1.82, 2.24) is 5.32 Å². The molecule has 0 aromatic carbocycles. The first-order valence-electron chi connectivity index (χ1n) is 7.41. The Morgan fingerprint density at radius 3 is 2.55 bits per heavy atom. The van der Waals surface area contributed by atoms with Crippen LogP contribution in [-0.4, -0.2) is 28.8 Å². The molecule has 0 radical (unpaired) electrons. The Bertz CT molecular complexity index is 361. The minimum absolute atomic E-state index is 0.0993. The van der Waals surface area contributed by atoms with Crippen molar-refractivity contribution in [1.29, 1.82) is 0 Å². The fraction of sp³-hybridized carbons (Fsp3) is 0.867. The summed E-state index contributed by atoms with van der Waals surface area (Å²) in [6.45, 7) is 7.49. The lowest BCUT2D eigenvalue weighted by molar-refractivity contribution is -0.149. The lowest BCUT2D eigenvalue weighted by Crippen LogP contribution is -2.39. The van der Waals surface area contributed by atoms with Crippen LogP contribution in [0.3, 0.4) is 0 Å². The number of rotatable bonds is 5. The van der Waals surface area contributed by atoms with Gasteiger partial charge in [0.15, 0.2) is 0 Å². The molecule has 1 aliphatic rings. The van der Waals surface area contributed by atoms with E-state index in [1.807, 2.05) is 20.8 Å². The average Bonchev–Trinajstić information content (AvgIpc) is 2.68. The van der Waals surface area contributed by atoms with Gasteiger partial charge in [0.25, 0.3) is 0 Å². The quantitative estimate of drug-likeness (QED) is 0.812. The van der Waals surface area contributed by atoms with E-state index in [0.29, 0.717) is 25.7 Å². The summed E-state index contributed by atoms with van der Waals surface area (Å²) >= 11 is 0. The molecule has 2 atom stereocenters. The number of unbranched alkanes of at least 4 members (excludes halogenated alkanes) is 1. The highest BCUT2D eigenvalue weighted by molar-refractivity contribution is 5.75. The molecule has 0 spiro atoms. The van der Waals surface area contributed by atoms with Gasteiger partial charge in [-0.2, -0.15) is 0 Å². The van der Waals surface area contributed by atoms with Crippen molar-refractivity contribution in [3.63, 3.8) is 0 Å². The first kappa shape index (κ1) is 16.8. The van der Waals surface area contributed by atoms with Gasteiger partial charge in [-0.15, -0.1) is 0 Å². The third-order valence-electron chi connectivity index (χ3n) is 3.79. The Labute approximate surface area is 121 Å². The Kier molecular flexibility index (Phi) is 5.42. The maximum atomic E-state index is 11.7. The van der Waals surface area contributed by atoms with Gasteiger partial charge in [0.05, 0.1) is 5.41 Å². The second-order valence-electron chi connectivity index (χ2n) is 6.77. The summed E-state index contributed by atoms with van der Waals surface area (Å²) in [6, 6.07) is -0.0993. The van der Waals surface area contributed by atoms with E-state index in [1.165, 1.54) is 0 Å². The number of hydrogen-bond donors (Lipinski definition) is 2. The number of hydrogen-bond acceptors (Lipinski definition) is 3. The second-order valence-corrected chi connectivity index (χ2v) is 6.77. The number of carbonyl (C=O) groups is 2. The third kappa shape index (κ3) is 4.69. The van der Waals surface area contributed by atoms with Crippen LogP contribution in [0.15, 0.2) is 0 Å². The van der Waals surface area contributed by atoms with Gasteiger partial charge in [-0.3, -0.25) is 4.79 Å². The largest absolute Gasteiger partial charge is 0.481 e. The zero-order valence-electron chi connectivity index (χ0n) is 13.0. The molecule has 1 aliphatic carbocycles. The Morgan fingerprint density at radius 2 is 2.05 bits per heavy atom. The van der Waals surface area contributed by atoms with E-state index >= 15 is 0 Å². The summed E-state index contributed by atoms with van der Waals surface area (Å²) in [5.74, 6) is -0.737. The van der Waals surface area contributed by atoms with Gasteiger partial charge in [0.1, 0.15) is 5.60 Å². The first-order chi connectivity index (χ1) is 9.18. The van der Waals surface area contributed by atoms with E-state index in [2.05, 4.69) is 12.2 Å². The molecular weight excluding hydrogens is 258 g/mol. The van der Waals surface area contributed by atoms with Gasteiger partial charge in [-0.05, 0) is 46.5 Å². The van der Waals surface area contributed by atoms with Crippen molar-refractivity contribution >= 4 is 12.1 Å². The second kappa shape index (κ2) is 6.46. The first-order valence-corrected chi connectivity index (χ1v) is 7.41. The monoisotopic (exact) mass is 285 g/mol. The van der Waals surface area contributed by atoms with Gasteiger partial charge >= 0.3 is 12.1 Å². The molecular formula is C15H27NO4. The average molecular weight is 285 g/mol. The highest BCUT2D eigenvalue weighted by atomic mass is 16.6. The molecule has 0 heterocycles. The number of alkyl carbamates (subject to hydrolysis) is 1. The van der Waals surface area contributed by atoms with E-state index in [9.17, 15) is 14.7 Å². The van der Waals surface area contributed by atoms with Crippen LogP contribution in [0, 0.1) is 5.41 Å². The van der Waals surface area contributed by atoms with Crippen LogP contribution in [0.5, 0.6) is 0 Å². The zero-order valence-corrected chi connectivity index (χ0v) is 13.0. The fourth-order valence-corrected chi connectivity index (χ4v) is 2.77. The maximum Gasteiger partial charge on any atom is 0.407 e. The van der Waals surface area contributed by atoms with Crippen molar-refractivity contribution < 1.29 is 19.4 Å². The lowest BCUT2D eigenvalue weighted by Gasteiger charge is -2.25. The summed E-state index contributed by atoms with van der Waals surface area (Å²) < 4.78 is 5.21. The van der Waals surface area contributed by atoms with Crippen LogP contribution in [0.1, 0.15) is 66.2 Å². The highest BCUT2D eigenvalue weighted by Crippen LogP contribution is 2.42. The molecule has 20 heavy (non-hydrogen) atoms. The predicted molar refractivity (Wildman–Crippen MR) is 76.6 cm³/mol. The van der Waals surface area contributed by atoms with Crippen molar-refractivity contribution in [2.45, 2.75) is 77.9 Å². The van der Waals surface area contributed by atoms with Crippen LogP contribution in [-0.2, 0) is 9.53 Å². The summed E-state index contributed by atoms with van der Waals surface area (Å²) in [5.41, 5.74) is -1.20. The zero-order chi connectivity index (χ0) is 15.4. The van der Waals surface area contributed by atoms with Gasteiger partial charge < -0.3 is 15.2 Å². The number of amides is 1. The molecule has 0 bridgehead atoms. The van der Waals surface area contributed by atoms with E-state index in [4.69, 9.17) is 4.74 Å². The lowest BCUT2D eigenvalue weighted by atomic mass is 9.81. The van der Waals surface area contributed by atoms with Gasteiger partial charge in [-0.1, -0.05) is 19.8 Å². The van der Waals surface area contributed by atoms with E-state index in [1.54, 1.807) is 0 Å². The standard InChI is InChI=1S/C15H27NO4/c1-5-6-8-15(12(17)18)9-7-11(10-15)16-13(19)20-14(2,3)4/h11H,5-10H2,1-4H3,(H,16,19)(H,17,18). The molecule has 2 unspecified atom stereocenters.